The van der Waals surface area contributed by atoms with Crippen LogP contribution in [0.25, 0.3) is 0 Å². The number of hydrogen-bond acceptors (Lipinski definition) is 8. The van der Waals surface area contributed by atoms with E-state index < -0.39 is 9.84 Å². The summed E-state index contributed by atoms with van der Waals surface area (Å²) in [5.41, 5.74) is 3.19. The van der Waals surface area contributed by atoms with Crippen LogP contribution in [0.5, 0.6) is 0 Å². The second-order valence-corrected chi connectivity index (χ2v) is 6.98. The van der Waals surface area contributed by atoms with E-state index in [0.29, 0.717) is 16.8 Å². The molecule has 0 saturated carbocycles. The van der Waals surface area contributed by atoms with Crippen molar-refractivity contribution in [2.24, 2.45) is 5.84 Å². The molecule has 0 unspecified atom stereocenters. The number of nitrogens with two attached hydrogens (primary N) is 1. The number of hydrazine groups is 1. The van der Waals surface area contributed by atoms with E-state index in [1.54, 1.807) is 18.2 Å². The molecule has 0 atom stereocenters. The third kappa shape index (κ3) is 4.06. The van der Waals surface area contributed by atoms with E-state index >= 15 is 0 Å². The standard InChI is InChI=1S/C12H15N5O2S2/c1-20-12-15-10(7-11(16-12)17-13)14-8-3-5-9(6-4-8)21(2,18)19/h3-7H,13H2,1-2H3,(H2,14,15,16,17). The summed E-state index contributed by atoms with van der Waals surface area (Å²) in [6.45, 7) is 0. The maximum absolute atomic E-state index is 11.4. The molecule has 0 aliphatic heterocycles. The van der Waals surface area contributed by atoms with Crippen LogP contribution in [0.2, 0.25) is 0 Å². The number of aromatic nitrogens is 2. The fourth-order valence-corrected chi connectivity index (χ4v) is 2.60. The fourth-order valence-electron chi connectivity index (χ4n) is 1.59. The van der Waals surface area contributed by atoms with Crippen LogP contribution in [-0.2, 0) is 9.84 Å². The summed E-state index contributed by atoms with van der Waals surface area (Å²) in [6.07, 6.45) is 3.03. The molecule has 2 rings (SSSR count). The number of rotatable bonds is 5. The zero-order valence-corrected chi connectivity index (χ0v) is 13.1. The van der Waals surface area contributed by atoms with E-state index in [2.05, 4.69) is 20.7 Å². The van der Waals surface area contributed by atoms with Gasteiger partial charge in [-0.3, -0.25) is 0 Å². The van der Waals surface area contributed by atoms with Crippen molar-refractivity contribution in [2.45, 2.75) is 10.1 Å². The summed E-state index contributed by atoms with van der Waals surface area (Å²) < 4.78 is 22.8. The Hall–Kier alpha value is -1.84. The van der Waals surface area contributed by atoms with Gasteiger partial charge >= 0.3 is 0 Å². The second-order valence-electron chi connectivity index (χ2n) is 4.19. The SMILES string of the molecule is CSc1nc(NN)cc(Nc2ccc(S(C)(=O)=O)cc2)n1. The molecule has 1 heterocycles. The minimum atomic E-state index is -3.20. The average molecular weight is 325 g/mol. The summed E-state index contributed by atoms with van der Waals surface area (Å²) >= 11 is 1.39. The topological polar surface area (TPSA) is 110 Å². The van der Waals surface area contributed by atoms with Crippen LogP contribution < -0.4 is 16.6 Å². The number of hydrogen-bond donors (Lipinski definition) is 3. The van der Waals surface area contributed by atoms with Crippen LogP contribution in [0.3, 0.4) is 0 Å². The van der Waals surface area contributed by atoms with Crippen LogP contribution in [-0.4, -0.2) is 30.9 Å². The predicted molar refractivity (Wildman–Crippen MR) is 84.5 cm³/mol. The van der Waals surface area contributed by atoms with Crippen LogP contribution in [0, 0.1) is 0 Å². The first-order valence-corrected chi connectivity index (χ1v) is 9.01. The highest BCUT2D eigenvalue weighted by Crippen LogP contribution is 2.21. The van der Waals surface area contributed by atoms with Crippen LogP contribution in [0.15, 0.2) is 40.4 Å². The summed E-state index contributed by atoms with van der Waals surface area (Å²) in [6, 6.07) is 8.08. The van der Waals surface area contributed by atoms with Gasteiger partial charge in [0.25, 0.3) is 0 Å². The molecule has 21 heavy (non-hydrogen) atoms. The first kappa shape index (κ1) is 15.5. The molecule has 0 fully saturated rings. The predicted octanol–water partition coefficient (Wildman–Crippen LogP) is 1.63. The number of benzene rings is 1. The molecule has 1 aromatic heterocycles. The summed E-state index contributed by atoms with van der Waals surface area (Å²) in [4.78, 5) is 8.72. The van der Waals surface area contributed by atoms with Gasteiger partial charge in [-0.05, 0) is 30.5 Å². The van der Waals surface area contributed by atoms with Crippen molar-refractivity contribution in [1.29, 1.82) is 0 Å². The van der Waals surface area contributed by atoms with E-state index in [1.165, 1.54) is 30.2 Å². The van der Waals surface area contributed by atoms with Crippen molar-refractivity contribution < 1.29 is 8.42 Å². The van der Waals surface area contributed by atoms with Crippen molar-refractivity contribution in [3.8, 4) is 0 Å². The molecule has 0 amide bonds. The molecule has 9 heteroatoms. The first-order chi connectivity index (χ1) is 9.92. The van der Waals surface area contributed by atoms with Crippen LogP contribution >= 0.6 is 11.8 Å². The Labute approximate surface area is 127 Å². The van der Waals surface area contributed by atoms with Gasteiger partial charge in [-0.25, -0.2) is 24.2 Å². The third-order valence-electron chi connectivity index (χ3n) is 2.59. The number of nitrogens with one attached hydrogen (secondary N) is 2. The molecule has 7 nitrogen and oxygen atoms in total. The Morgan fingerprint density at radius 1 is 1.14 bits per heavy atom. The molecular weight excluding hydrogens is 310 g/mol. The molecule has 0 saturated heterocycles. The number of anilines is 3. The minimum absolute atomic E-state index is 0.268. The van der Waals surface area contributed by atoms with Gasteiger partial charge in [-0.2, -0.15) is 0 Å². The van der Waals surface area contributed by atoms with Gasteiger partial charge in [0, 0.05) is 18.0 Å². The maximum atomic E-state index is 11.4. The molecule has 0 aliphatic carbocycles. The van der Waals surface area contributed by atoms with Crippen LogP contribution in [0.1, 0.15) is 0 Å². The highest BCUT2D eigenvalue weighted by Gasteiger charge is 2.07. The third-order valence-corrected chi connectivity index (χ3v) is 4.27. The van der Waals surface area contributed by atoms with Crippen molar-refractivity contribution in [1.82, 2.24) is 9.97 Å². The van der Waals surface area contributed by atoms with Crippen LogP contribution in [0.4, 0.5) is 17.3 Å². The Morgan fingerprint density at radius 3 is 2.29 bits per heavy atom. The quantitative estimate of drug-likeness (QED) is 0.329. The van der Waals surface area contributed by atoms with E-state index in [4.69, 9.17) is 5.84 Å². The van der Waals surface area contributed by atoms with E-state index in [1.807, 2.05) is 6.26 Å². The van der Waals surface area contributed by atoms with Gasteiger partial charge in [0.1, 0.15) is 11.6 Å². The maximum Gasteiger partial charge on any atom is 0.191 e. The molecule has 0 bridgehead atoms. The molecule has 1 aromatic carbocycles. The van der Waals surface area contributed by atoms with E-state index in [-0.39, 0.29) is 4.90 Å². The van der Waals surface area contributed by atoms with Gasteiger partial charge in [-0.15, -0.1) is 0 Å². The number of thioether (sulfide) groups is 1. The zero-order valence-electron chi connectivity index (χ0n) is 11.5. The number of nitrogens with zero attached hydrogens (tertiary/aromatic N) is 2. The molecule has 112 valence electrons. The lowest BCUT2D eigenvalue weighted by Crippen LogP contribution is -2.10. The lowest BCUT2D eigenvalue weighted by atomic mass is 10.3. The number of sulfone groups is 1. The Balaban J connectivity index is 2.25. The summed E-state index contributed by atoms with van der Waals surface area (Å²) in [5.74, 6) is 6.41. The van der Waals surface area contributed by atoms with Gasteiger partial charge in [-0.1, -0.05) is 11.8 Å². The summed E-state index contributed by atoms with van der Waals surface area (Å²) in [5, 5.41) is 3.65. The molecule has 2 aromatic rings. The van der Waals surface area contributed by atoms with Gasteiger partial charge < -0.3 is 10.7 Å². The minimum Gasteiger partial charge on any atom is -0.340 e. The van der Waals surface area contributed by atoms with E-state index in [9.17, 15) is 8.42 Å². The van der Waals surface area contributed by atoms with Crippen molar-refractivity contribution >= 4 is 38.9 Å². The Bertz CT molecular complexity index is 710. The molecule has 0 radical (unpaired) electrons. The normalized spacial score (nSPS) is 11.2. The van der Waals surface area contributed by atoms with Crippen molar-refractivity contribution in [3.63, 3.8) is 0 Å². The fraction of sp³-hybridized carbons (Fsp3) is 0.167. The monoisotopic (exact) mass is 325 g/mol. The molecular formula is C12H15N5O2S2. The first-order valence-electron chi connectivity index (χ1n) is 5.89. The Morgan fingerprint density at radius 2 is 1.76 bits per heavy atom. The average Bonchev–Trinajstić information content (AvgIpc) is 2.46. The second kappa shape index (κ2) is 6.29. The number of nitrogen functional groups attached to an aromatic ring is 1. The van der Waals surface area contributed by atoms with Gasteiger partial charge in [0.2, 0.25) is 0 Å². The van der Waals surface area contributed by atoms with Gasteiger partial charge in [0.15, 0.2) is 15.0 Å². The summed E-state index contributed by atoms with van der Waals surface area (Å²) in [7, 11) is -3.20. The Kier molecular flexibility index (Phi) is 4.66. The smallest absolute Gasteiger partial charge is 0.191 e. The zero-order chi connectivity index (χ0) is 15.5. The van der Waals surface area contributed by atoms with Crippen molar-refractivity contribution in [3.05, 3.63) is 30.3 Å². The lowest BCUT2D eigenvalue weighted by Gasteiger charge is -2.09. The largest absolute Gasteiger partial charge is 0.340 e. The van der Waals surface area contributed by atoms with Gasteiger partial charge in [0.05, 0.1) is 4.90 Å². The lowest BCUT2D eigenvalue weighted by molar-refractivity contribution is 0.602. The molecule has 0 spiro atoms. The molecule has 0 aliphatic rings. The highest BCUT2D eigenvalue weighted by molar-refractivity contribution is 7.98. The van der Waals surface area contributed by atoms with E-state index in [0.717, 1.165) is 5.69 Å². The molecule has 4 N–H and O–H groups in total. The highest BCUT2D eigenvalue weighted by atomic mass is 32.2. The van der Waals surface area contributed by atoms with Crippen molar-refractivity contribution in [2.75, 3.05) is 23.3 Å².